The second-order valence-electron chi connectivity index (χ2n) is 8.38. The van der Waals surface area contributed by atoms with Gasteiger partial charge < -0.3 is 24.8 Å². The summed E-state index contributed by atoms with van der Waals surface area (Å²) in [6.45, 7) is 4.28. The first-order chi connectivity index (χ1) is 18.4. The minimum Gasteiger partial charge on any atom is -0.493 e. The Morgan fingerprint density at radius 1 is 0.974 bits per heavy atom. The van der Waals surface area contributed by atoms with Crippen LogP contribution >= 0.6 is 11.3 Å². The number of nitrogens with one attached hydrogen (secondary N) is 2. The molecule has 196 valence electrons. The number of benzene rings is 3. The molecule has 2 amide bonds. The molecule has 4 aromatic rings. The van der Waals surface area contributed by atoms with E-state index >= 15 is 0 Å². The molecule has 0 saturated heterocycles. The number of ether oxygens (including phenoxy) is 3. The van der Waals surface area contributed by atoms with E-state index in [1.165, 1.54) is 7.11 Å². The number of esters is 1. The number of thiazole rings is 1. The molecule has 3 aromatic carbocycles. The standard InChI is InChI=1S/C29H29N3O5S/c1-4-36-28(33)21-11-14-25(26(16-21)35-3)37-17-23-18-38-27(30-23)15-20-9-12-22(13-10-20)31-29(34)32-24-8-6-5-7-19(24)2/h5-14,16,18H,4,15,17H2,1-3H3,(H2,31,32,34). The van der Waals surface area contributed by atoms with Crippen LogP contribution in [0.4, 0.5) is 16.2 Å². The van der Waals surface area contributed by atoms with Crippen molar-refractivity contribution in [2.24, 2.45) is 0 Å². The molecule has 2 N–H and O–H groups in total. The Balaban J connectivity index is 1.30. The van der Waals surface area contributed by atoms with E-state index in [-0.39, 0.29) is 12.6 Å². The van der Waals surface area contributed by atoms with Gasteiger partial charge in [0.15, 0.2) is 11.5 Å². The Morgan fingerprint density at radius 2 is 1.76 bits per heavy atom. The predicted octanol–water partition coefficient (Wildman–Crippen LogP) is 6.45. The summed E-state index contributed by atoms with van der Waals surface area (Å²) in [6, 6.07) is 20.0. The van der Waals surface area contributed by atoms with E-state index in [9.17, 15) is 9.59 Å². The van der Waals surface area contributed by atoms with Crippen molar-refractivity contribution in [2.75, 3.05) is 24.4 Å². The lowest BCUT2D eigenvalue weighted by atomic mass is 10.1. The predicted molar refractivity (Wildman–Crippen MR) is 148 cm³/mol. The van der Waals surface area contributed by atoms with Crippen molar-refractivity contribution in [1.29, 1.82) is 0 Å². The Labute approximate surface area is 225 Å². The van der Waals surface area contributed by atoms with Gasteiger partial charge in [0.05, 0.1) is 30.0 Å². The molecule has 0 saturated carbocycles. The van der Waals surface area contributed by atoms with Crippen LogP contribution in [0.3, 0.4) is 0 Å². The summed E-state index contributed by atoms with van der Waals surface area (Å²) in [5.74, 6) is 0.563. The largest absolute Gasteiger partial charge is 0.493 e. The van der Waals surface area contributed by atoms with Crippen molar-refractivity contribution in [1.82, 2.24) is 4.98 Å². The van der Waals surface area contributed by atoms with Gasteiger partial charge in [-0.15, -0.1) is 11.3 Å². The molecular weight excluding hydrogens is 502 g/mol. The smallest absolute Gasteiger partial charge is 0.338 e. The third-order valence-corrected chi connectivity index (χ3v) is 6.51. The fourth-order valence-electron chi connectivity index (χ4n) is 3.65. The van der Waals surface area contributed by atoms with Crippen LogP contribution in [0, 0.1) is 6.92 Å². The number of carbonyl (C=O) groups excluding carboxylic acids is 2. The minimum absolute atomic E-state index is 0.268. The second kappa shape index (κ2) is 12.7. The maximum absolute atomic E-state index is 12.3. The molecule has 0 unspecified atom stereocenters. The third kappa shape index (κ3) is 7.10. The highest BCUT2D eigenvalue weighted by Crippen LogP contribution is 2.29. The molecule has 9 heteroatoms. The number of methoxy groups -OCH3 is 1. The quantitative estimate of drug-likeness (QED) is 0.228. The SMILES string of the molecule is CCOC(=O)c1ccc(OCc2csc(Cc3ccc(NC(=O)Nc4ccccc4C)cc3)n2)c(OC)c1. The Morgan fingerprint density at radius 3 is 2.50 bits per heavy atom. The number of aromatic nitrogens is 1. The molecule has 0 atom stereocenters. The maximum Gasteiger partial charge on any atom is 0.338 e. The van der Waals surface area contributed by atoms with Gasteiger partial charge in [-0.2, -0.15) is 0 Å². The molecule has 1 heterocycles. The molecule has 0 fully saturated rings. The normalized spacial score (nSPS) is 10.5. The Kier molecular flexibility index (Phi) is 8.94. The lowest BCUT2D eigenvalue weighted by molar-refractivity contribution is 0.0526. The summed E-state index contributed by atoms with van der Waals surface area (Å²) < 4.78 is 16.3. The van der Waals surface area contributed by atoms with E-state index in [0.717, 1.165) is 27.5 Å². The number of urea groups is 1. The van der Waals surface area contributed by atoms with Gasteiger partial charge in [-0.3, -0.25) is 0 Å². The zero-order valence-electron chi connectivity index (χ0n) is 21.4. The van der Waals surface area contributed by atoms with Gasteiger partial charge in [0, 0.05) is 23.2 Å². The van der Waals surface area contributed by atoms with E-state index in [1.54, 1.807) is 36.5 Å². The molecule has 0 radical (unpaired) electrons. The molecule has 1 aromatic heterocycles. The number of anilines is 2. The first-order valence-electron chi connectivity index (χ1n) is 12.1. The summed E-state index contributed by atoms with van der Waals surface area (Å²) in [4.78, 5) is 28.9. The van der Waals surface area contributed by atoms with Crippen molar-refractivity contribution in [3.63, 3.8) is 0 Å². The average Bonchev–Trinajstić information content (AvgIpc) is 3.37. The Hall–Kier alpha value is -4.37. The van der Waals surface area contributed by atoms with Gasteiger partial charge in [0.25, 0.3) is 0 Å². The van der Waals surface area contributed by atoms with E-state index in [1.807, 2.05) is 60.8 Å². The van der Waals surface area contributed by atoms with E-state index in [0.29, 0.717) is 35.8 Å². The van der Waals surface area contributed by atoms with Gasteiger partial charge in [0.1, 0.15) is 6.61 Å². The van der Waals surface area contributed by atoms with Crippen molar-refractivity contribution in [3.8, 4) is 11.5 Å². The second-order valence-corrected chi connectivity index (χ2v) is 9.32. The van der Waals surface area contributed by atoms with Crippen molar-refractivity contribution >= 4 is 34.7 Å². The average molecular weight is 532 g/mol. The van der Waals surface area contributed by atoms with Crippen LogP contribution in [-0.4, -0.2) is 30.7 Å². The first-order valence-corrected chi connectivity index (χ1v) is 13.0. The molecule has 38 heavy (non-hydrogen) atoms. The van der Waals surface area contributed by atoms with Crippen LogP contribution < -0.4 is 20.1 Å². The lowest BCUT2D eigenvalue weighted by Crippen LogP contribution is -2.19. The van der Waals surface area contributed by atoms with Crippen LogP contribution in [0.1, 0.15) is 39.1 Å². The van der Waals surface area contributed by atoms with Crippen molar-refractivity contribution in [2.45, 2.75) is 26.9 Å². The lowest BCUT2D eigenvalue weighted by Gasteiger charge is -2.11. The van der Waals surface area contributed by atoms with Crippen molar-refractivity contribution < 1.29 is 23.8 Å². The zero-order chi connectivity index (χ0) is 26.9. The molecule has 0 aliphatic rings. The molecule has 0 spiro atoms. The number of nitrogens with zero attached hydrogens (tertiary/aromatic N) is 1. The fraction of sp³-hybridized carbons (Fsp3) is 0.207. The zero-order valence-corrected chi connectivity index (χ0v) is 22.3. The summed E-state index contributed by atoms with van der Waals surface area (Å²) in [7, 11) is 1.52. The number of hydrogen-bond donors (Lipinski definition) is 2. The highest BCUT2D eigenvalue weighted by atomic mass is 32.1. The Bertz CT molecular complexity index is 1400. The topological polar surface area (TPSA) is 98.8 Å². The molecular formula is C29H29N3O5S. The number of rotatable bonds is 10. The van der Waals surface area contributed by atoms with Gasteiger partial charge in [-0.05, 0) is 61.4 Å². The molecule has 8 nitrogen and oxygen atoms in total. The summed E-state index contributed by atoms with van der Waals surface area (Å²) >= 11 is 1.56. The number of para-hydroxylation sites is 1. The minimum atomic E-state index is -0.407. The molecule has 0 bridgehead atoms. The molecule has 0 aliphatic heterocycles. The van der Waals surface area contributed by atoms with Gasteiger partial charge >= 0.3 is 12.0 Å². The van der Waals surface area contributed by atoms with E-state index in [2.05, 4.69) is 15.6 Å². The summed E-state index contributed by atoms with van der Waals surface area (Å²) in [5, 5.41) is 8.62. The number of amides is 2. The third-order valence-electron chi connectivity index (χ3n) is 5.61. The van der Waals surface area contributed by atoms with Gasteiger partial charge in [-0.1, -0.05) is 30.3 Å². The highest BCUT2D eigenvalue weighted by molar-refractivity contribution is 7.09. The summed E-state index contributed by atoms with van der Waals surface area (Å²) in [5.41, 5.74) is 4.76. The van der Waals surface area contributed by atoms with Crippen LogP contribution in [0.2, 0.25) is 0 Å². The highest BCUT2D eigenvalue weighted by Gasteiger charge is 2.13. The van der Waals surface area contributed by atoms with E-state index < -0.39 is 5.97 Å². The fourth-order valence-corrected chi connectivity index (χ4v) is 4.47. The molecule has 0 aliphatic carbocycles. The number of hydrogen-bond acceptors (Lipinski definition) is 7. The maximum atomic E-state index is 12.3. The monoisotopic (exact) mass is 531 g/mol. The van der Waals surface area contributed by atoms with Gasteiger partial charge in [0.2, 0.25) is 0 Å². The summed E-state index contributed by atoms with van der Waals surface area (Å²) in [6.07, 6.45) is 0.665. The van der Waals surface area contributed by atoms with Crippen LogP contribution in [0.5, 0.6) is 11.5 Å². The van der Waals surface area contributed by atoms with Crippen LogP contribution in [0.15, 0.2) is 72.1 Å². The van der Waals surface area contributed by atoms with Crippen molar-refractivity contribution in [3.05, 3.63) is 99.5 Å². The number of carbonyl (C=O) groups is 2. The van der Waals surface area contributed by atoms with Crippen LogP contribution in [-0.2, 0) is 17.8 Å². The van der Waals surface area contributed by atoms with E-state index in [4.69, 9.17) is 14.2 Å². The van der Waals surface area contributed by atoms with Gasteiger partial charge in [-0.25, -0.2) is 14.6 Å². The number of aryl methyl sites for hydroxylation is 1. The van der Waals surface area contributed by atoms with Crippen LogP contribution in [0.25, 0.3) is 0 Å². The first kappa shape index (κ1) is 26.7. The molecule has 4 rings (SSSR count).